The van der Waals surface area contributed by atoms with Crippen molar-refractivity contribution < 1.29 is 9.84 Å². The zero-order valence-electron chi connectivity index (χ0n) is 16.3. The average Bonchev–Trinajstić information content (AvgIpc) is 2.76. The van der Waals surface area contributed by atoms with Crippen molar-refractivity contribution in [3.63, 3.8) is 0 Å². The Balaban J connectivity index is 1.66. The number of rotatable bonds is 7. The number of aromatic hydroxyl groups is 1. The maximum atomic E-state index is 10.1. The molecule has 8 heteroatoms. The Morgan fingerprint density at radius 2 is 1.80 bits per heavy atom. The zero-order valence-corrected chi connectivity index (χ0v) is 17.1. The predicted octanol–water partition coefficient (Wildman–Crippen LogP) is 5.53. The molecule has 0 amide bonds. The molecule has 152 valence electrons. The number of thiocarbonyl (C=S) groups is 1. The number of para-hydroxylation sites is 2. The van der Waals surface area contributed by atoms with E-state index in [9.17, 15) is 5.11 Å². The van der Waals surface area contributed by atoms with Crippen LogP contribution in [0.1, 0.15) is 12.5 Å². The van der Waals surface area contributed by atoms with Gasteiger partial charge in [-0.2, -0.15) is 10.2 Å². The number of hydrogen-bond donors (Lipinski definition) is 3. The lowest BCUT2D eigenvalue weighted by molar-refractivity contribution is 0.341. The molecule has 0 radical (unpaired) electrons. The lowest BCUT2D eigenvalue weighted by Crippen LogP contribution is -2.23. The van der Waals surface area contributed by atoms with Crippen LogP contribution in [-0.4, -0.2) is 23.0 Å². The van der Waals surface area contributed by atoms with E-state index >= 15 is 0 Å². The summed E-state index contributed by atoms with van der Waals surface area (Å²) in [6, 6.07) is 21.8. The number of anilines is 1. The maximum Gasteiger partial charge on any atom is 0.191 e. The van der Waals surface area contributed by atoms with E-state index in [0.717, 1.165) is 5.69 Å². The SMILES string of the molecule is CCOc1ccccc1N=Nc1ccc(O)c(C=NNC(=S)Nc2ccccc2)c1. The Bertz CT molecular complexity index is 1050. The van der Waals surface area contributed by atoms with Crippen LogP contribution in [0.4, 0.5) is 17.1 Å². The Labute approximate surface area is 180 Å². The average molecular weight is 420 g/mol. The number of nitrogens with zero attached hydrogens (tertiary/aromatic N) is 3. The van der Waals surface area contributed by atoms with Gasteiger partial charge in [-0.3, -0.25) is 5.43 Å². The number of nitrogens with one attached hydrogen (secondary N) is 2. The molecule has 0 aliphatic carbocycles. The summed E-state index contributed by atoms with van der Waals surface area (Å²) in [6.07, 6.45) is 1.46. The lowest BCUT2D eigenvalue weighted by Gasteiger charge is -2.06. The molecule has 3 aromatic carbocycles. The van der Waals surface area contributed by atoms with Crippen molar-refractivity contribution in [1.29, 1.82) is 0 Å². The number of azo groups is 1. The molecule has 0 saturated heterocycles. The molecule has 0 spiro atoms. The van der Waals surface area contributed by atoms with Crippen molar-refractivity contribution in [2.75, 3.05) is 11.9 Å². The molecule has 0 saturated carbocycles. The highest BCUT2D eigenvalue weighted by molar-refractivity contribution is 7.80. The van der Waals surface area contributed by atoms with Gasteiger partial charge in [0.2, 0.25) is 0 Å². The van der Waals surface area contributed by atoms with Gasteiger partial charge in [0.1, 0.15) is 17.2 Å². The summed E-state index contributed by atoms with van der Waals surface area (Å²) in [6.45, 7) is 2.45. The molecule has 30 heavy (non-hydrogen) atoms. The van der Waals surface area contributed by atoms with E-state index in [0.29, 0.717) is 34.4 Å². The second kappa shape index (κ2) is 10.7. The smallest absolute Gasteiger partial charge is 0.191 e. The van der Waals surface area contributed by atoms with E-state index in [1.54, 1.807) is 12.1 Å². The Hall–Kier alpha value is -3.78. The molecule has 0 aromatic heterocycles. The molecular weight excluding hydrogens is 398 g/mol. The van der Waals surface area contributed by atoms with Gasteiger partial charge in [0, 0.05) is 11.3 Å². The minimum atomic E-state index is 0.0659. The number of benzene rings is 3. The van der Waals surface area contributed by atoms with Crippen LogP contribution in [0.2, 0.25) is 0 Å². The fourth-order valence-corrected chi connectivity index (χ4v) is 2.65. The molecule has 0 bridgehead atoms. The summed E-state index contributed by atoms with van der Waals surface area (Å²) in [5, 5.41) is 26.0. The monoisotopic (exact) mass is 419 g/mol. The van der Waals surface area contributed by atoms with E-state index in [4.69, 9.17) is 17.0 Å². The summed E-state index contributed by atoms with van der Waals surface area (Å²) in [5.74, 6) is 0.726. The molecule has 3 rings (SSSR count). The van der Waals surface area contributed by atoms with Crippen molar-refractivity contribution in [2.24, 2.45) is 15.3 Å². The highest BCUT2D eigenvalue weighted by atomic mass is 32.1. The number of phenols is 1. The molecule has 0 atom stereocenters. The van der Waals surface area contributed by atoms with Crippen LogP contribution in [0.15, 0.2) is 88.1 Å². The van der Waals surface area contributed by atoms with Gasteiger partial charge in [0.25, 0.3) is 0 Å². The Morgan fingerprint density at radius 1 is 1.03 bits per heavy atom. The first kappa shape index (κ1) is 20.9. The van der Waals surface area contributed by atoms with Gasteiger partial charge in [-0.15, -0.1) is 5.11 Å². The van der Waals surface area contributed by atoms with Crippen LogP contribution in [-0.2, 0) is 0 Å². The minimum absolute atomic E-state index is 0.0659. The fraction of sp³-hybridized carbons (Fsp3) is 0.0909. The highest BCUT2D eigenvalue weighted by Crippen LogP contribution is 2.29. The van der Waals surface area contributed by atoms with E-state index in [1.807, 2.05) is 61.5 Å². The number of ether oxygens (including phenoxy) is 1. The molecule has 7 nitrogen and oxygen atoms in total. The first-order chi connectivity index (χ1) is 14.7. The van der Waals surface area contributed by atoms with Gasteiger partial charge >= 0.3 is 0 Å². The van der Waals surface area contributed by atoms with Gasteiger partial charge in [0.15, 0.2) is 5.11 Å². The zero-order chi connectivity index (χ0) is 21.2. The van der Waals surface area contributed by atoms with Crippen LogP contribution < -0.4 is 15.5 Å². The second-order valence-corrected chi connectivity index (χ2v) is 6.44. The van der Waals surface area contributed by atoms with Gasteiger partial charge in [-0.1, -0.05) is 30.3 Å². The van der Waals surface area contributed by atoms with E-state index in [1.165, 1.54) is 12.3 Å². The number of hydrogen-bond acceptors (Lipinski definition) is 6. The largest absolute Gasteiger partial charge is 0.507 e. The second-order valence-electron chi connectivity index (χ2n) is 6.03. The molecule has 0 fully saturated rings. The van der Waals surface area contributed by atoms with Crippen molar-refractivity contribution >= 4 is 40.6 Å². The van der Waals surface area contributed by atoms with Crippen molar-refractivity contribution in [3.8, 4) is 11.5 Å². The van der Waals surface area contributed by atoms with Crippen LogP contribution in [0.5, 0.6) is 11.5 Å². The first-order valence-electron chi connectivity index (χ1n) is 9.27. The van der Waals surface area contributed by atoms with Gasteiger partial charge in [0.05, 0.1) is 18.5 Å². The fourth-order valence-electron chi connectivity index (χ4n) is 2.48. The normalized spacial score (nSPS) is 11.0. The van der Waals surface area contributed by atoms with E-state index < -0.39 is 0 Å². The summed E-state index contributed by atoms with van der Waals surface area (Å²) < 4.78 is 5.55. The summed E-state index contributed by atoms with van der Waals surface area (Å²) >= 11 is 5.20. The van der Waals surface area contributed by atoms with Crippen LogP contribution >= 0.6 is 12.2 Å². The maximum absolute atomic E-state index is 10.1. The number of hydrazone groups is 1. The number of phenolic OH excluding ortho intramolecular Hbond substituents is 1. The topological polar surface area (TPSA) is 90.6 Å². The van der Waals surface area contributed by atoms with E-state index in [2.05, 4.69) is 26.1 Å². The quantitative estimate of drug-likeness (QED) is 0.203. The molecular formula is C22H21N5O2S. The summed E-state index contributed by atoms with van der Waals surface area (Å²) in [7, 11) is 0. The lowest BCUT2D eigenvalue weighted by atomic mass is 10.2. The Morgan fingerprint density at radius 3 is 2.60 bits per heavy atom. The van der Waals surface area contributed by atoms with E-state index in [-0.39, 0.29) is 5.75 Å². The third-order valence-corrected chi connectivity index (χ3v) is 4.04. The summed E-state index contributed by atoms with van der Waals surface area (Å²) in [5.41, 5.74) is 5.22. The van der Waals surface area contributed by atoms with Crippen molar-refractivity contribution in [2.45, 2.75) is 6.92 Å². The van der Waals surface area contributed by atoms with Crippen LogP contribution in [0, 0.1) is 0 Å². The van der Waals surface area contributed by atoms with Crippen molar-refractivity contribution in [1.82, 2.24) is 5.43 Å². The van der Waals surface area contributed by atoms with Gasteiger partial charge in [-0.05, 0) is 61.6 Å². The standard InChI is InChI=1S/C22H21N5O2S/c1-2-29-21-11-7-6-10-19(21)26-25-18-12-13-20(28)16(14-18)15-23-27-22(30)24-17-8-4-3-5-9-17/h3-15,28H,2H2,1H3,(H2,24,27,30). The van der Waals surface area contributed by atoms with Gasteiger partial charge < -0.3 is 15.2 Å². The molecule has 0 unspecified atom stereocenters. The molecule has 0 aliphatic rings. The predicted molar refractivity (Wildman–Crippen MR) is 123 cm³/mol. The van der Waals surface area contributed by atoms with Crippen LogP contribution in [0.3, 0.4) is 0 Å². The highest BCUT2D eigenvalue weighted by Gasteiger charge is 2.03. The Kier molecular flexibility index (Phi) is 7.45. The van der Waals surface area contributed by atoms with Crippen molar-refractivity contribution in [3.05, 3.63) is 78.4 Å². The third kappa shape index (κ3) is 6.11. The first-order valence-corrected chi connectivity index (χ1v) is 9.68. The minimum Gasteiger partial charge on any atom is -0.507 e. The van der Waals surface area contributed by atoms with Gasteiger partial charge in [-0.25, -0.2) is 0 Å². The third-order valence-electron chi connectivity index (χ3n) is 3.85. The molecule has 0 aliphatic heterocycles. The molecule has 3 aromatic rings. The van der Waals surface area contributed by atoms with Crippen LogP contribution in [0.25, 0.3) is 0 Å². The molecule has 0 heterocycles. The molecule has 3 N–H and O–H groups in total. The summed E-state index contributed by atoms with van der Waals surface area (Å²) in [4.78, 5) is 0.